The van der Waals surface area contributed by atoms with Gasteiger partial charge in [0, 0.05) is 11.6 Å². The van der Waals surface area contributed by atoms with Crippen molar-refractivity contribution in [2.24, 2.45) is 0 Å². The Balaban J connectivity index is 1.94. The van der Waals surface area contributed by atoms with Crippen molar-refractivity contribution in [1.82, 2.24) is 0 Å². The number of halogens is 8. The molecule has 0 radical (unpaired) electrons. The van der Waals surface area contributed by atoms with Gasteiger partial charge in [-0.15, -0.1) is 0 Å². The molecule has 0 aliphatic heterocycles. The zero-order chi connectivity index (χ0) is 21.5. The lowest BCUT2D eigenvalue weighted by atomic mass is 10.0. The van der Waals surface area contributed by atoms with Gasteiger partial charge in [0.2, 0.25) is 0 Å². The van der Waals surface area contributed by atoms with Gasteiger partial charge in [0.05, 0.1) is 0 Å². The quantitative estimate of drug-likeness (QED) is 0.342. The first-order valence-corrected chi connectivity index (χ1v) is 7.97. The molecule has 9 heteroatoms. The number of aryl methyl sites for hydroxylation is 1. The molecule has 29 heavy (non-hydrogen) atoms. The van der Waals surface area contributed by atoms with Crippen molar-refractivity contribution in [3.8, 4) is 16.9 Å². The summed E-state index contributed by atoms with van der Waals surface area (Å²) in [4.78, 5) is 0. The van der Waals surface area contributed by atoms with Crippen LogP contribution in [0.2, 0.25) is 0 Å². The number of alkyl halides is 2. The highest BCUT2D eigenvalue weighted by atomic mass is 19.3. The molecule has 0 atom stereocenters. The number of hydrogen-bond donors (Lipinski definition) is 0. The van der Waals surface area contributed by atoms with Crippen molar-refractivity contribution in [3.05, 3.63) is 88.5 Å². The summed E-state index contributed by atoms with van der Waals surface area (Å²) >= 11 is 0. The Labute approximate surface area is 159 Å². The molecule has 0 aromatic heterocycles. The van der Waals surface area contributed by atoms with Crippen LogP contribution in [0.5, 0.6) is 5.75 Å². The molecule has 3 aromatic rings. The molecule has 0 aliphatic carbocycles. The van der Waals surface area contributed by atoms with Crippen LogP contribution in [0.25, 0.3) is 11.1 Å². The minimum Gasteiger partial charge on any atom is -0.429 e. The molecule has 0 amide bonds. The average Bonchev–Trinajstić information content (AvgIpc) is 2.63. The Bertz CT molecular complexity index is 1070. The molecule has 0 spiro atoms. The summed E-state index contributed by atoms with van der Waals surface area (Å²) in [6, 6.07) is 4.75. The van der Waals surface area contributed by atoms with Crippen LogP contribution in [0.1, 0.15) is 11.1 Å². The molecule has 0 saturated carbocycles. The first-order chi connectivity index (χ1) is 13.5. The maximum absolute atomic E-state index is 14.3. The zero-order valence-corrected chi connectivity index (χ0v) is 14.5. The van der Waals surface area contributed by atoms with E-state index >= 15 is 0 Å². The van der Waals surface area contributed by atoms with Crippen molar-refractivity contribution >= 4 is 0 Å². The Hall–Kier alpha value is -3.10. The molecule has 1 nitrogen and oxygen atoms in total. The van der Waals surface area contributed by atoms with E-state index in [-0.39, 0.29) is 11.1 Å². The third kappa shape index (κ3) is 3.90. The summed E-state index contributed by atoms with van der Waals surface area (Å²) in [6.07, 6.45) is -4.35. The summed E-state index contributed by atoms with van der Waals surface area (Å²) in [7, 11) is 0. The van der Waals surface area contributed by atoms with E-state index in [4.69, 9.17) is 0 Å². The van der Waals surface area contributed by atoms with E-state index in [2.05, 4.69) is 4.74 Å². The van der Waals surface area contributed by atoms with Crippen molar-refractivity contribution in [3.63, 3.8) is 0 Å². The molecule has 0 bridgehead atoms. The second-order valence-electron chi connectivity index (χ2n) is 6.07. The minimum atomic E-state index is -4.35. The standard InChI is InChI=1S/C20H10F8O/c1-9-2-5-13(18(25)17(9)24)20(27,28)29-11-3-4-12(14(21)8-11)10-6-15(22)19(26)16(23)7-10/h2-8H,1H3. The summed E-state index contributed by atoms with van der Waals surface area (Å²) < 4.78 is 114. The monoisotopic (exact) mass is 418 g/mol. The van der Waals surface area contributed by atoms with Crippen LogP contribution in [0.3, 0.4) is 0 Å². The molecule has 0 N–H and O–H groups in total. The van der Waals surface area contributed by atoms with Gasteiger partial charge in [0.1, 0.15) is 17.1 Å². The summed E-state index contributed by atoms with van der Waals surface area (Å²) in [5.41, 5.74) is -2.40. The van der Waals surface area contributed by atoms with Gasteiger partial charge in [-0.2, -0.15) is 8.78 Å². The number of ether oxygens (including phenoxy) is 1. The van der Waals surface area contributed by atoms with Crippen molar-refractivity contribution in [1.29, 1.82) is 0 Å². The molecular formula is C20H10F8O. The number of benzene rings is 3. The van der Waals surface area contributed by atoms with Crippen LogP contribution >= 0.6 is 0 Å². The summed E-state index contributed by atoms with van der Waals surface area (Å²) in [6.45, 7) is 1.18. The van der Waals surface area contributed by atoms with E-state index in [9.17, 15) is 35.1 Å². The summed E-state index contributed by atoms with van der Waals surface area (Å²) in [5.74, 6) is -10.2. The van der Waals surface area contributed by atoms with Crippen molar-refractivity contribution in [2.45, 2.75) is 13.0 Å². The fourth-order valence-corrected chi connectivity index (χ4v) is 2.58. The highest BCUT2D eigenvalue weighted by Crippen LogP contribution is 2.36. The van der Waals surface area contributed by atoms with Crippen LogP contribution < -0.4 is 4.74 Å². The smallest absolute Gasteiger partial charge is 0.429 e. The maximum atomic E-state index is 14.3. The molecule has 3 rings (SSSR count). The number of hydrogen-bond acceptors (Lipinski definition) is 1. The molecule has 0 aliphatic rings. The van der Waals surface area contributed by atoms with Crippen LogP contribution in [0.15, 0.2) is 42.5 Å². The van der Waals surface area contributed by atoms with Crippen LogP contribution in [0, 0.1) is 41.8 Å². The fraction of sp³-hybridized carbons (Fsp3) is 0.100. The van der Waals surface area contributed by atoms with Gasteiger partial charge in [-0.05, 0) is 48.4 Å². The van der Waals surface area contributed by atoms with Crippen molar-refractivity contribution < 1.29 is 39.9 Å². The second kappa shape index (κ2) is 7.38. The van der Waals surface area contributed by atoms with Gasteiger partial charge in [-0.3, -0.25) is 0 Å². The third-order valence-corrected chi connectivity index (χ3v) is 4.07. The lowest BCUT2D eigenvalue weighted by Crippen LogP contribution is -2.24. The van der Waals surface area contributed by atoms with Gasteiger partial charge < -0.3 is 4.74 Å². The van der Waals surface area contributed by atoms with E-state index in [1.165, 1.54) is 6.92 Å². The maximum Gasteiger partial charge on any atom is 0.429 e. The lowest BCUT2D eigenvalue weighted by molar-refractivity contribution is -0.187. The Morgan fingerprint density at radius 2 is 1.31 bits per heavy atom. The minimum absolute atomic E-state index is 0.198. The van der Waals surface area contributed by atoms with E-state index in [0.717, 1.165) is 18.2 Å². The average molecular weight is 418 g/mol. The molecule has 0 heterocycles. The topological polar surface area (TPSA) is 9.23 Å². The Morgan fingerprint density at radius 3 is 1.90 bits per heavy atom. The first-order valence-electron chi connectivity index (χ1n) is 7.97. The Morgan fingerprint density at radius 1 is 0.690 bits per heavy atom. The normalized spacial score (nSPS) is 11.6. The van der Waals surface area contributed by atoms with Crippen LogP contribution in [-0.2, 0) is 6.11 Å². The molecular weight excluding hydrogens is 408 g/mol. The first kappa shape index (κ1) is 20.6. The lowest BCUT2D eigenvalue weighted by Gasteiger charge is -2.19. The van der Waals surface area contributed by atoms with Gasteiger partial charge >= 0.3 is 6.11 Å². The third-order valence-electron chi connectivity index (χ3n) is 4.07. The van der Waals surface area contributed by atoms with E-state index < -0.39 is 57.9 Å². The molecule has 3 aromatic carbocycles. The highest BCUT2D eigenvalue weighted by Gasteiger charge is 2.39. The fourth-order valence-electron chi connectivity index (χ4n) is 2.58. The molecule has 0 unspecified atom stereocenters. The van der Waals surface area contributed by atoms with Gasteiger partial charge in [0.25, 0.3) is 0 Å². The highest BCUT2D eigenvalue weighted by molar-refractivity contribution is 5.65. The largest absolute Gasteiger partial charge is 0.429 e. The van der Waals surface area contributed by atoms with Crippen molar-refractivity contribution in [2.75, 3.05) is 0 Å². The van der Waals surface area contributed by atoms with E-state index in [0.29, 0.717) is 24.3 Å². The van der Waals surface area contributed by atoms with E-state index in [1.54, 1.807) is 0 Å². The predicted molar refractivity (Wildman–Crippen MR) is 87.3 cm³/mol. The van der Waals surface area contributed by atoms with Crippen LogP contribution in [0.4, 0.5) is 35.1 Å². The van der Waals surface area contributed by atoms with Gasteiger partial charge in [-0.1, -0.05) is 6.07 Å². The van der Waals surface area contributed by atoms with Gasteiger partial charge in [-0.25, -0.2) is 26.3 Å². The zero-order valence-electron chi connectivity index (χ0n) is 14.5. The Kier molecular flexibility index (Phi) is 5.25. The predicted octanol–water partition coefficient (Wildman–Crippen LogP) is 6.62. The molecule has 152 valence electrons. The number of rotatable bonds is 4. The second-order valence-corrected chi connectivity index (χ2v) is 6.07. The summed E-state index contributed by atoms with van der Waals surface area (Å²) in [5, 5.41) is 0. The van der Waals surface area contributed by atoms with Crippen LogP contribution in [-0.4, -0.2) is 0 Å². The molecule has 0 fully saturated rings. The molecule has 0 saturated heterocycles. The van der Waals surface area contributed by atoms with Gasteiger partial charge in [0.15, 0.2) is 29.1 Å². The SMILES string of the molecule is Cc1ccc(C(F)(F)Oc2ccc(-c3cc(F)c(F)c(F)c3)c(F)c2)c(F)c1F. The van der Waals surface area contributed by atoms with E-state index in [1.807, 2.05) is 0 Å².